The summed E-state index contributed by atoms with van der Waals surface area (Å²) in [6, 6.07) is 14.5. The van der Waals surface area contributed by atoms with Crippen LogP contribution in [-0.2, 0) is 12.8 Å². The number of aromatic nitrogens is 1. The zero-order valence-corrected chi connectivity index (χ0v) is 16.1. The first-order valence-electron chi connectivity index (χ1n) is 9.71. The predicted octanol–water partition coefficient (Wildman–Crippen LogP) is 2.89. The molecule has 0 saturated carbocycles. The van der Waals surface area contributed by atoms with E-state index < -0.39 is 0 Å². The van der Waals surface area contributed by atoms with Gasteiger partial charge in [-0.3, -0.25) is 4.99 Å². The smallest absolute Gasteiger partial charge is 0.190 e. The number of ether oxygens (including phenoxy) is 2. The molecule has 2 aromatic carbocycles. The first kappa shape index (κ1) is 18.2. The number of guanidine groups is 1. The number of nitrogens with zero attached hydrogens (tertiary/aromatic N) is 1. The van der Waals surface area contributed by atoms with E-state index in [1.54, 1.807) is 7.05 Å². The van der Waals surface area contributed by atoms with E-state index >= 15 is 0 Å². The molecule has 6 nitrogen and oxygen atoms in total. The molecule has 6 heteroatoms. The maximum Gasteiger partial charge on any atom is 0.190 e. The number of H-pyrrole nitrogens is 1. The maximum absolute atomic E-state index is 5.65. The van der Waals surface area contributed by atoms with E-state index in [1.165, 1.54) is 22.0 Å². The third-order valence-corrected chi connectivity index (χ3v) is 4.90. The Bertz CT molecular complexity index is 964. The Hall–Kier alpha value is -3.15. The van der Waals surface area contributed by atoms with Gasteiger partial charge in [-0.1, -0.05) is 24.3 Å². The third-order valence-electron chi connectivity index (χ3n) is 4.90. The molecular formula is C22H26N4O2. The van der Waals surface area contributed by atoms with E-state index in [1.807, 2.05) is 12.1 Å². The minimum Gasteiger partial charge on any atom is -0.486 e. The molecule has 2 heterocycles. The second-order valence-electron chi connectivity index (χ2n) is 6.76. The molecule has 0 amide bonds. The molecular weight excluding hydrogens is 352 g/mol. The van der Waals surface area contributed by atoms with Crippen LogP contribution < -0.4 is 20.1 Å². The summed E-state index contributed by atoms with van der Waals surface area (Å²) in [6.07, 6.45) is 3.91. The number of rotatable bonds is 6. The molecule has 3 aromatic rings. The summed E-state index contributed by atoms with van der Waals surface area (Å²) < 4.78 is 11.2. The molecule has 0 spiro atoms. The van der Waals surface area contributed by atoms with Gasteiger partial charge in [0.1, 0.15) is 13.2 Å². The van der Waals surface area contributed by atoms with Crippen molar-refractivity contribution in [3.63, 3.8) is 0 Å². The molecule has 1 aliphatic rings. The van der Waals surface area contributed by atoms with Crippen LogP contribution in [0, 0.1) is 0 Å². The van der Waals surface area contributed by atoms with Gasteiger partial charge in [0.2, 0.25) is 0 Å². The first-order chi connectivity index (χ1) is 13.8. The Balaban J connectivity index is 1.24. The molecule has 0 atom stereocenters. The van der Waals surface area contributed by atoms with E-state index in [-0.39, 0.29) is 0 Å². The number of nitrogens with one attached hydrogen (secondary N) is 3. The Morgan fingerprint density at radius 3 is 2.64 bits per heavy atom. The normalized spacial score (nSPS) is 13.5. The molecule has 0 bridgehead atoms. The van der Waals surface area contributed by atoms with Gasteiger partial charge in [0, 0.05) is 37.2 Å². The number of fused-ring (bicyclic) bond motifs is 2. The van der Waals surface area contributed by atoms with Gasteiger partial charge in [-0.05, 0) is 42.2 Å². The molecule has 0 radical (unpaired) electrons. The van der Waals surface area contributed by atoms with Crippen LogP contribution in [0.4, 0.5) is 0 Å². The van der Waals surface area contributed by atoms with Crippen molar-refractivity contribution >= 4 is 16.9 Å². The fourth-order valence-corrected chi connectivity index (χ4v) is 3.44. The van der Waals surface area contributed by atoms with Crippen LogP contribution in [0.3, 0.4) is 0 Å². The van der Waals surface area contributed by atoms with E-state index in [9.17, 15) is 0 Å². The van der Waals surface area contributed by atoms with Gasteiger partial charge >= 0.3 is 0 Å². The minimum atomic E-state index is 0.613. The molecule has 0 saturated heterocycles. The number of aromatic amines is 1. The van der Waals surface area contributed by atoms with Crippen LogP contribution in [0.5, 0.6) is 11.5 Å². The van der Waals surface area contributed by atoms with E-state index in [0.29, 0.717) is 13.2 Å². The number of para-hydroxylation sites is 1. The largest absolute Gasteiger partial charge is 0.486 e. The highest BCUT2D eigenvalue weighted by molar-refractivity contribution is 5.83. The fraction of sp³-hybridized carbons (Fsp3) is 0.318. The van der Waals surface area contributed by atoms with Gasteiger partial charge in [-0.15, -0.1) is 0 Å². The Morgan fingerprint density at radius 2 is 1.79 bits per heavy atom. The van der Waals surface area contributed by atoms with Gasteiger partial charge in [0.15, 0.2) is 17.5 Å². The number of hydrogen-bond acceptors (Lipinski definition) is 3. The van der Waals surface area contributed by atoms with Crippen LogP contribution >= 0.6 is 0 Å². The van der Waals surface area contributed by atoms with Crippen LogP contribution in [0.2, 0.25) is 0 Å². The summed E-state index contributed by atoms with van der Waals surface area (Å²) in [5.41, 5.74) is 3.71. The van der Waals surface area contributed by atoms with Crippen molar-refractivity contribution in [3.05, 3.63) is 59.8 Å². The SMILES string of the molecule is CN=C(NCCc1ccc2c(c1)OCCO2)NCCc1c[nH]c2ccccc12. The summed E-state index contributed by atoms with van der Waals surface area (Å²) in [7, 11) is 1.80. The average molecular weight is 378 g/mol. The van der Waals surface area contributed by atoms with Crippen molar-refractivity contribution in [3.8, 4) is 11.5 Å². The van der Waals surface area contributed by atoms with Crippen molar-refractivity contribution in [1.82, 2.24) is 15.6 Å². The molecule has 1 aromatic heterocycles. The highest BCUT2D eigenvalue weighted by Gasteiger charge is 2.11. The van der Waals surface area contributed by atoms with Crippen molar-refractivity contribution in [1.29, 1.82) is 0 Å². The lowest BCUT2D eigenvalue weighted by molar-refractivity contribution is 0.171. The lowest BCUT2D eigenvalue weighted by atomic mass is 10.1. The second kappa shape index (κ2) is 8.69. The number of hydrogen-bond donors (Lipinski definition) is 3. The average Bonchev–Trinajstić information content (AvgIpc) is 3.16. The summed E-state index contributed by atoms with van der Waals surface area (Å²) >= 11 is 0. The zero-order chi connectivity index (χ0) is 19.2. The summed E-state index contributed by atoms with van der Waals surface area (Å²) in [5, 5.41) is 8.05. The number of aliphatic imine (C=N–C) groups is 1. The molecule has 0 fully saturated rings. The van der Waals surface area contributed by atoms with Gasteiger partial charge in [0.05, 0.1) is 0 Å². The van der Waals surface area contributed by atoms with Crippen LogP contribution in [0.1, 0.15) is 11.1 Å². The lowest BCUT2D eigenvalue weighted by Crippen LogP contribution is -2.39. The van der Waals surface area contributed by atoms with Crippen molar-refractivity contribution < 1.29 is 9.47 Å². The molecule has 0 aliphatic carbocycles. The minimum absolute atomic E-state index is 0.613. The summed E-state index contributed by atoms with van der Waals surface area (Å²) in [5.74, 6) is 2.49. The van der Waals surface area contributed by atoms with E-state index in [4.69, 9.17) is 9.47 Å². The monoisotopic (exact) mass is 378 g/mol. The standard InChI is InChI=1S/C22H26N4O2/c1-23-22(25-11-9-17-15-26-19-5-3-2-4-18(17)19)24-10-8-16-6-7-20-21(14-16)28-13-12-27-20/h2-7,14-15,26H,8-13H2,1H3,(H2,23,24,25). The molecule has 1 aliphatic heterocycles. The molecule has 28 heavy (non-hydrogen) atoms. The van der Waals surface area contributed by atoms with Crippen molar-refractivity contribution in [2.75, 3.05) is 33.4 Å². The molecule has 3 N–H and O–H groups in total. The topological polar surface area (TPSA) is 70.7 Å². The highest BCUT2D eigenvalue weighted by Crippen LogP contribution is 2.30. The Morgan fingerprint density at radius 1 is 1.00 bits per heavy atom. The lowest BCUT2D eigenvalue weighted by Gasteiger charge is -2.19. The van der Waals surface area contributed by atoms with Crippen molar-refractivity contribution in [2.24, 2.45) is 4.99 Å². The second-order valence-corrected chi connectivity index (χ2v) is 6.76. The van der Waals surface area contributed by atoms with Crippen LogP contribution in [-0.4, -0.2) is 44.3 Å². The van der Waals surface area contributed by atoms with Crippen LogP contribution in [0.15, 0.2) is 53.7 Å². The molecule has 4 rings (SSSR count). The Kier molecular flexibility index (Phi) is 5.66. The Labute approximate surface area is 165 Å². The zero-order valence-electron chi connectivity index (χ0n) is 16.1. The summed E-state index contributed by atoms with van der Waals surface area (Å²) in [6.45, 7) is 2.86. The van der Waals surface area contributed by atoms with Gasteiger partial charge in [-0.2, -0.15) is 0 Å². The van der Waals surface area contributed by atoms with Gasteiger partial charge < -0.3 is 25.1 Å². The summed E-state index contributed by atoms with van der Waals surface area (Å²) in [4.78, 5) is 7.63. The predicted molar refractivity (Wildman–Crippen MR) is 113 cm³/mol. The van der Waals surface area contributed by atoms with Gasteiger partial charge in [0.25, 0.3) is 0 Å². The van der Waals surface area contributed by atoms with E-state index in [2.05, 4.69) is 57.1 Å². The third kappa shape index (κ3) is 4.22. The quantitative estimate of drug-likeness (QED) is 0.456. The van der Waals surface area contributed by atoms with Crippen molar-refractivity contribution in [2.45, 2.75) is 12.8 Å². The molecule has 146 valence electrons. The first-order valence-corrected chi connectivity index (χ1v) is 9.71. The highest BCUT2D eigenvalue weighted by atomic mass is 16.6. The molecule has 0 unspecified atom stereocenters. The maximum atomic E-state index is 5.65. The van der Waals surface area contributed by atoms with E-state index in [0.717, 1.165) is 43.4 Å². The fourth-order valence-electron chi connectivity index (χ4n) is 3.44. The number of benzene rings is 2. The van der Waals surface area contributed by atoms with Gasteiger partial charge in [-0.25, -0.2) is 0 Å². The van der Waals surface area contributed by atoms with Crippen LogP contribution in [0.25, 0.3) is 10.9 Å².